The fourth-order valence-electron chi connectivity index (χ4n) is 2.64. The second kappa shape index (κ2) is 12.5. The van der Waals surface area contributed by atoms with Crippen molar-refractivity contribution in [2.75, 3.05) is 18.8 Å². The van der Waals surface area contributed by atoms with Crippen molar-refractivity contribution < 1.29 is 4.79 Å². The molecule has 0 bridgehead atoms. The van der Waals surface area contributed by atoms with Crippen molar-refractivity contribution in [3.8, 4) is 0 Å². The van der Waals surface area contributed by atoms with E-state index in [-0.39, 0.29) is 17.2 Å². The third-order valence-corrected chi connectivity index (χ3v) is 5.80. The minimum absolute atomic E-state index is 0.00953. The first-order chi connectivity index (χ1) is 15.6. The zero-order valence-electron chi connectivity index (χ0n) is 17.3. The molecule has 0 spiro atoms. The van der Waals surface area contributed by atoms with E-state index in [1.165, 1.54) is 23.1 Å². The third-order valence-electron chi connectivity index (χ3n) is 4.12. The summed E-state index contributed by atoms with van der Waals surface area (Å²) in [5.74, 6) is 0.819. The first kappa shape index (κ1) is 23.3. The van der Waals surface area contributed by atoms with Crippen LogP contribution >= 0.6 is 23.1 Å². The Hall–Kier alpha value is -3.38. The molecule has 2 heterocycles. The number of thioether (sulfide) groups is 1. The average Bonchev–Trinajstić information content (AvgIpc) is 3.50. The van der Waals surface area contributed by atoms with Crippen molar-refractivity contribution in [3.63, 3.8) is 0 Å². The van der Waals surface area contributed by atoms with Crippen LogP contribution in [0.15, 0.2) is 63.7 Å². The van der Waals surface area contributed by atoms with Crippen LogP contribution in [0.1, 0.15) is 27.1 Å². The van der Waals surface area contributed by atoms with E-state index in [9.17, 15) is 4.79 Å². The fraction of sp³-hybridized carbons (Fsp3) is 0.250. The Morgan fingerprint density at radius 3 is 2.81 bits per heavy atom. The van der Waals surface area contributed by atoms with Crippen molar-refractivity contribution in [1.82, 2.24) is 25.6 Å². The minimum atomic E-state index is -0.294. The summed E-state index contributed by atoms with van der Waals surface area (Å²) < 4.78 is 0. The van der Waals surface area contributed by atoms with Crippen LogP contribution in [-0.2, 0) is 6.42 Å². The predicted octanol–water partition coefficient (Wildman–Crippen LogP) is 1.49. The van der Waals surface area contributed by atoms with Gasteiger partial charge in [-0.05, 0) is 12.1 Å². The Bertz CT molecular complexity index is 1000. The summed E-state index contributed by atoms with van der Waals surface area (Å²) >= 11 is 3.01. The number of aromatic amines is 1. The maximum atomic E-state index is 12.6. The number of hydrogen-bond acceptors (Lipinski definition) is 7. The number of carbonyl (C=O) groups is 1. The summed E-state index contributed by atoms with van der Waals surface area (Å²) in [6.45, 7) is 1.03. The number of imidazole rings is 1. The SMILES string of the molecule is NC(N)=NC(SCCN=C(NCCc1cnc[nH]1)NC(=O)c1ccccc1)c1cscn1. The quantitative estimate of drug-likeness (QED) is 0.170. The lowest BCUT2D eigenvalue weighted by atomic mass is 10.2. The standard InChI is InChI=1S/C20H25N9OS2/c21-19(22)29-18(16-11-31-13-27-16)32-9-8-25-20(24-7-6-15-10-23-12-26-15)28-17(30)14-4-2-1-3-5-14/h1-5,10-13,18H,6-9H2,(H,23,26)(H4,21,22,29)(H2,24,25,28,30). The maximum absolute atomic E-state index is 12.6. The number of hydrogen-bond donors (Lipinski definition) is 5. The molecule has 168 valence electrons. The lowest BCUT2D eigenvalue weighted by Gasteiger charge is -2.12. The second-order valence-corrected chi connectivity index (χ2v) is 8.40. The molecule has 0 aliphatic rings. The summed E-state index contributed by atoms with van der Waals surface area (Å²) in [6, 6.07) is 9.00. The lowest BCUT2D eigenvalue weighted by molar-refractivity contribution is 0.0976. The molecule has 1 amide bonds. The molecule has 2 aromatic heterocycles. The van der Waals surface area contributed by atoms with Gasteiger partial charge in [-0.25, -0.2) is 15.0 Å². The number of rotatable bonds is 10. The molecule has 10 nitrogen and oxygen atoms in total. The molecule has 3 rings (SSSR count). The zero-order valence-corrected chi connectivity index (χ0v) is 18.9. The summed E-state index contributed by atoms with van der Waals surface area (Å²) in [5, 5.41) is 7.66. The molecule has 1 unspecified atom stereocenters. The summed E-state index contributed by atoms with van der Waals surface area (Å²) in [5.41, 5.74) is 15.2. The molecule has 3 aromatic rings. The lowest BCUT2D eigenvalue weighted by Crippen LogP contribution is -2.42. The highest BCUT2D eigenvalue weighted by Gasteiger charge is 2.13. The van der Waals surface area contributed by atoms with Crippen LogP contribution in [0.4, 0.5) is 0 Å². The monoisotopic (exact) mass is 471 g/mol. The molecule has 0 aliphatic carbocycles. The topological polar surface area (TPSA) is 159 Å². The first-order valence-electron chi connectivity index (χ1n) is 9.82. The molecular weight excluding hydrogens is 446 g/mol. The summed E-state index contributed by atoms with van der Waals surface area (Å²) in [4.78, 5) is 32.7. The second-order valence-electron chi connectivity index (χ2n) is 6.49. The maximum Gasteiger partial charge on any atom is 0.257 e. The smallest absolute Gasteiger partial charge is 0.257 e. The Morgan fingerprint density at radius 1 is 1.28 bits per heavy atom. The van der Waals surface area contributed by atoms with Crippen LogP contribution in [-0.4, -0.2) is 51.6 Å². The van der Waals surface area contributed by atoms with Crippen molar-refractivity contribution in [3.05, 3.63) is 70.7 Å². The van der Waals surface area contributed by atoms with Crippen molar-refractivity contribution in [2.45, 2.75) is 11.8 Å². The summed E-state index contributed by atoms with van der Waals surface area (Å²) in [7, 11) is 0. The molecule has 0 saturated heterocycles. The molecule has 1 atom stereocenters. The Labute approximate surface area is 194 Å². The van der Waals surface area contributed by atoms with E-state index in [0.717, 1.165) is 11.4 Å². The molecule has 12 heteroatoms. The average molecular weight is 472 g/mol. The number of nitrogens with one attached hydrogen (secondary N) is 3. The number of carbonyl (C=O) groups excluding carboxylic acids is 1. The fourth-order valence-corrected chi connectivity index (χ4v) is 4.21. The minimum Gasteiger partial charge on any atom is -0.370 e. The number of benzene rings is 1. The van der Waals surface area contributed by atoms with E-state index in [4.69, 9.17) is 11.5 Å². The van der Waals surface area contributed by atoms with Gasteiger partial charge in [0.2, 0.25) is 0 Å². The van der Waals surface area contributed by atoms with Crippen LogP contribution in [0.3, 0.4) is 0 Å². The van der Waals surface area contributed by atoms with Crippen LogP contribution < -0.4 is 22.1 Å². The number of H-pyrrole nitrogens is 1. The van der Waals surface area contributed by atoms with Crippen LogP contribution in [0.5, 0.6) is 0 Å². The summed E-state index contributed by atoms with van der Waals surface area (Å²) in [6.07, 6.45) is 4.11. The molecule has 0 radical (unpaired) electrons. The number of thiazole rings is 1. The molecular formula is C20H25N9OS2. The van der Waals surface area contributed by atoms with Gasteiger partial charge >= 0.3 is 0 Å². The third kappa shape index (κ3) is 7.71. The van der Waals surface area contributed by atoms with Gasteiger partial charge in [0.05, 0.1) is 24.1 Å². The van der Waals surface area contributed by atoms with E-state index in [2.05, 4.69) is 35.6 Å². The largest absolute Gasteiger partial charge is 0.370 e. The van der Waals surface area contributed by atoms with Gasteiger partial charge < -0.3 is 21.8 Å². The van der Waals surface area contributed by atoms with Crippen molar-refractivity contribution >= 4 is 40.9 Å². The molecule has 0 fully saturated rings. The van der Waals surface area contributed by atoms with Crippen LogP contribution in [0.25, 0.3) is 0 Å². The van der Waals surface area contributed by atoms with Gasteiger partial charge in [0.15, 0.2) is 11.9 Å². The Morgan fingerprint density at radius 2 is 2.12 bits per heavy atom. The van der Waals surface area contributed by atoms with Crippen molar-refractivity contribution in [1.29, 1.82) is 0 Å². The normalized spacial score (nSPS) is 12.2. The predicted molar refractivity (Wildman–Crippen MR) is 130 cm³/mol. The highest BCUT2D eigenvalue weighted by molar-refractivity contribution is 7.99. The van der Waals surface area contributed by atoms with E-state index in [1.54, 1.807) is 30.2 Å². The highest BCUT2D eigenvalue weighted by atomic mass is 32.2. The molecule has 0 aliphatic heterocycles. The number of nitrogens with zero attached hydrogens (tertiary/aromatic N) is 4. The number of aliphatic imine (C=N–C) groups is 2. The number of guanidine groups is 2. The van der Waals surface area contributed by atoms with Gasteiger partial charge in [0.1, 0.15) is 5.37 Å². The molecule has 1 aromatic carbocycles. The van der Waals surface area contributed by atoms with Gasteiger partial charge in [0.25, 0.3) is 5.91 Å². The van der Waals surface area contributed by atoms with Crippen LogP contribution in [0, 0.1) is 0 Å². The van der Waals surface area contributed by atoms with E-state index < -0.39 is 0 Å². The van der Waals surface area contributed by atoms with Gasteiger partial charge in [-0.1, -0.05) is 18.2 Å². The molecule has 0 saturated carbocycles. The van der Waals surface area contributed by atoms with Gasteiger partial charge in [-0.2, -0.15) is 0 Å². The number of nitrogens with two attached hydrogens (primary N) is 2. The first-order valence-corrected chi connectivity index (χ1v) is 11.8. The van der Waals surface area contributed by atoms with Gasteiger partial charge in [-0.15, -0.1) is 23.1 Å². The Balaban J connectivity index is 1.59. The van der Waals surface area contributed by atoms with Gasteiger partial charge in [0, 0.05) is 41.6 Å². The number of aromatic nitrogens is 3. The molecule has 7 N–H and O–H groups in total. The van der Waals surface area contributed by atoms with Gasteiger partial charge in [-0.3, -0.25) is 15.1 Å². The Kier molecular flexibility index (Phi) is 9.07. The van der Waals surface area contributed by atoms with Crippen LogP contribution in [0.2, 0.25) is 0 Å². The van der Waals surface area contributed by atoms with E-state index in [1.807, 2.05) is 23.6 Å². The van der Waals surface area contributed by atoms with E-state index in [0.29, 0.717) is 36.8 Å². The highest BCUT2D eigenvalue weighted by Crippen LogP contribution is 2.29. The molecule has 32 heavy (non-hydrogen) atoms. The van der Waals surface area contributed by atoms with E-state index >= 15 is 0 Å². The number of amides is 1. The zero-order chi connectivity index (χ0) is 22.6. The van der Waals surface area contributed by atoms with Crippen molar-refractivity contribution in [2.24, 2.45) is 21.5 Å².